The van der Waals surface area contributed by atoms with Gasteiger partial charge in [-0.3, -0.25) is 14.5 Å². The first-order valence-electron chi connectivity index (χ1n) is 10.8. The number of ether oxygens (including phenoxy) is 2. The molecule has 31 heavy (non-hydrogen) atoms. The molecule has 2 heterocycles. The number of likely N-dealkylation sites (tertiary alicyclic amines) is 1. The molecule has 1 aromatic heterocycles. The van der Waals surface area contributed by atoms with Gasteiger partial charge in [0.1, 0.15) is 11.5 Å². The van der Waals surface area contributed by atoms with Gasteiger partial charge in [-0.05, 0) is 67.8 Å². The fourth-order valence-electron chi connectivity index (χ4n) is 4.05. The second kappa shape index (κ2) is 11.3. The van der Waals surface area contributed by atoms with Crippen molar-refractivity contribution in [2.45, 2.75) is 45.7 Å². The van der Waals surface area contributed by atoms with Crippen LogP contribution >= 0.6 is 11.3 Å². The Balaban J connectivity index is 1.43. The molecular weight excluding hydrogens is 412 g/mol. The van der Waals surface area contributed by atoms with Gasteiger partial charge in [0, 0.05) is 37.7 Å². The average molecular weight is 445 g/mol. The van der Waals surface area contributed by atoms with E-state index in [0.29, 0.717) is 24.6 Å². The summed E-state index contributed by atoms with van der Waals surface area (Å²) in [4.78, 5) is 27.2. The van der Waals surface area contributed by atoms with Gasteiger partial charge in [-0.15, -0.1) is 11.3 Å². The first kappa shape index (κ1) is 23.3. The van der Waals surface area contributed by atoms with Crippen LogP contribution < -0.4 is 14.8 Å². The predicted molar refractivity (Wildman–Crippen MR) is 123 cm³/mol. The summed E-state index contributed by atoms with van der Waals surface area (Å²) in [6.07, 6.45) is 3.74. The molecule has 0 spiro atoms. The number of nitrogens with one attached hydrogen (secondary N) is 1. The van der Waals surface area contributed by atoms with E-state index in [0.717, 1.165) is 48.7 Å². The van der Waals surface area contributed by atoms with Crippen LogP contribution in [0.3, 0.4) is 0 Å². The highest BCUT2D eigenvalue weighted by molar-refractivity contribution is 7.12. The van der Waals surface area contributed by atoms with E-state index in [9.17, 15) is 9.59 Å². The number of rotatable bonds is 10. The number of piperidine rings is 1. The Kier molecular flexibility index (Phi) is 8.49. The predicted octanol–water partition coefficient (Wildman–Crippen LogP) is 4.28. The minimum absolute atomic E-state index is 0.0685. The Bertz CT molecular complexity index is 895. The van der Waals surface area contributed by atoms with Crippen molar-refractivity contribution in [2.24, 2.45) is 5.92 Å². The number of carbonyl (C=O) groups excluding carboxylic acids is 2. The van der Waals surface area contributed by atoms with E-state index in [4.69, 9.17) is 9.47 Å². The molecule has 2 aromatic rings. The number of thiophene rings is 1. The summed E-state index contributed by atoms with van der Waals surface area (Å²) >= 11 is 1.52. The van der Waals surface area contributed by atoms with Crippen molar-refractivity contribution in [1.29, 1.82) is 0 Å². The number of amides is 1. The molecule has 1 aromatic carbocycles. The quantitative estimate of drug-likeness (QED) is 0.554. The molecule has 1 fully saturated rings. The van der Waals surface area contributed by atoms with Gasteiger partial charge >= 0.3 is 0 Å². The molecule has 1 N–H and O–H groups in total. The minimum Gasteiger partial charge on any atom is -0.497 e. The number of nitrogens with zero attached hydrogens (tertiary/aromatic N) is 1. The molecule has 1 saturated heterocycles. The van der Waals surface area contributed by atoms with Crippen LogP contribution in [0.25, 0.3) is 0 Å². The summed E-state index contributed by atoms with van der Waals surface area (Å²) in [7, 11) is 3.23. The Hall–Kier alpha value is -2.38. The fourth-order valence-corrected chi connectivity index (χ4v) is 4.85. The van der Waals surface area contributed by atoms with Crippen LogP contribution in [0.15, 0.2) is 29.6 Å². The fraction of sp³-hybridized carbons (Fsp3) is 0.500. The van der Waals surface area contributed by atoms with Gasteiger partial charge in [0.05, 0.1) is 19.1 Å². The standard InChI is InChI=1S/C24H32N2O4S/c1-17(27)23-11-19(16-31-23)15-26-10-4-5-18(14-26)6-9-24(28)25-13-20-7-8-21(29-2)12-22(20)30-3/h7-8,11-12,16,18H,4-6,9-10,13-15H2,1-3H3,(H,25,28)/t18-/m0/s1. The molecule has 0 unspecified atom stereocenters. The lowest BCUT2D eigenvalue weighted by Gasteiger charge is -2.32. The molecular formula is C24H32N2O4S. The molecule has 168 valence electrons. The second-order valence-electron chi connectivity index (χ2n) is 8.11. The summed E-state index contributed by atoms with van der Waals surface area (Å²) in [5.74, 6) is 2.17. The summed E-state index contributed by atoms with van der Waals surface area (Å²) in [6, 6.07) is 7.62. The third-order valence-corrected chi connectivity index (χ3v) is 6.84. The Morgan fingerprint density at radius 1 is 1.23 bits per heavy atom. The van der Waals surface area contributed by atoms with Crippen LogP contribution in [-0.2, 0) is 17.9 Å². The largest absolute Gasteiger partial charge is 0.497 e. The highest BCUT2D eigenvalue weighted by Crippen LogP contribution is 2.26. The van der Waals surface area contributed by atoms with Crippen LogP contribution in [0.2, 0.25) is 0 Å². The summed E-state index contributed by atoms with van der Waals surface area (Å²) < 4.78 is 10.6. The average Bonchev–Trinajstić information content (AvgIpc) is 3.25. The van der Waals surface area contributed by atoms with Crippen LogP contribution in [-0.4, -0.2) is 43.9 Å². The smallest absolute Gasteiger partial charge is 0.220 e. The Morgan fingerprint density at radius 3 is 2.77 bits per heavy atom. The van der Waals surface area contributed by atoms with Crippen molar-refractivity contribution in [3.05, 3.63) is 45.6 Å². The third kappa shape index (κ3) is 6.80. The van der Waals surface area contributed by atoms with Crippen LogP contribution in [0.5, 0.6) is 11.5 Å². The maximum absolute atomic E-state index is 12.4. The van der Waals surface area contributed by atoms with E-state index in [1.807, 2.05) is 24.3 Å². The molecule has 7 heteroatoms. The highest BCUT2D eigenvalue weighted by atomic mass is 32.1. The molecule has 6 nitrogen and oxygen atoms in total. The summed E-state index contributed by atoms with van der Waals surface area (Å²) in [5, 5.41) is 5.10. The molecule has 1 aliphatic rings. The number of carbonyl (C=O) groups is 2. The first-order chi connectivity index (χ1) is 15.0. The third-order valence-electron chi connectivity index (χ3n) is 5.76. The number of Topliss-reactive ketones (excluding diaryl/α,β-unsaturated/α-hetero) is 1. The first-order valence-corrected chi connectivity index (χ1v) is 11.6. The molecule has 0 bridgehead atoms. The lowest BCUT2D eigenvalue weighted by atomic mass is 9.93. The maximum atomic E-state index is 12.4. The summed E-state index contributed by atoms with van der Waals surface area (Å²) in [5.41, 5.74) is 2.14. The van der Waals surface area contributed by atoms with Gasteiger partial charge in [0.2, 0.25) is 5.91 Å². The van der Waals surface area contributed by atoms with E-state index < -0.39 is 0 Å². The Labute approximate surface area is 188 Å². The number of ketones is 1. The van der Waals surface area contributed by atoms with E-state index in [1.54, 1.807) is 21.1 Å². The van der Waals surface area contributed by atoms with Crippen LogP contribution in [0, 0.1) is 5.92 Å². The zero-order valence-corrected chi connectivity index (χ0v) is 19.4. The highest BCUT2D eigenvalue weighted by Gasteiger charge is 2.21. The van der Waals surface area contributed by atoms with Gasteiger partial charge in [0.25, 0.3) is 0 Å². The zero-order valence-electron chi connectivity index (χ0n) is 18.6. The number of hydrogen-bond donors (Lipinski definition) is 1. The minimum atomic E-state index is 0.0685. The molecule has 1 atom stereocenters. The van der Waals surface area contributed by atoms with Crippen molar-refractivity contribution in [2.75, 3.05) is 27.3 Å². The van der Waals surface area contributed by atoms with Crippen molar-refractivity contribution in [3.63, 3.8) is 0 Å². The number of benzene rings is 1. The molecule has 1 aliphatic heterocycles. The molecule has 1 amide bonds. The van der Waals surface area contributed by atoms with E-state index in [2.05, 4.69) is 15.6 Å². The zero-order chi connectivity index (χ0) is 22.2. The van der Waals surface area contributed by atoms with Crippen molar-refractivity contribution in [3.8, 4) is 11.5 Å². The summed E-state index contributed by atoms with van der Waals surface area (Å²) in [6.45, 7) is 5.02. The van der Waals surface area contributed by atoms with Gasteiger partial charge < -0.3 is 14.8 Å². The monoisotopic (exact) mass is 444 g/mol. The molecule has 0 aliphatic carbocycles. The Morgan fingerprint density at radius 2 is 2.06 bits per heavy atom. The van der Waals surface area contributed by atoms with Crippen molar-refractivity contribution < 1.29 is 19.1 Å². The topological polar surface area (TPSA) is 67.9 Å². The van der Waals surface area contributed by atoms with E-state index in [-0.39, 0.29) is 11.7 Å². The SMILES string of the molecule is COc1ccc(CNC(=O)CC[C@@H]2CCCN(Cc3csc(C(C)=O)c3)C2)c(OC)c1. The van der Waals surface area contributed by atoms with E-state index >= 15 is 0 Å². The lowest BCUT2D eigenvalue weighted by Crippen LogP contribution is -2.35. The van der Waals surface area contributed by atoms with Crippen molar-refractivity contribution in [1.82, 2.24) is 10.2 Å². The van der Waals surface area contributed by atoms with Gasteiger partial charge in [-0.1, -0.05) is 0 Å². The second-order valence-corrected chi connectivity index (χ2v) is 9.02. The lowest BCUT2D eigenvalue weighted by molar-refractivity contribution is -0.121. The maximum Gasteiger partial charge on any atom is 0.220 e. The number of hydrogen-bond acceptors (Lipinski definition) is 6. The van der Waals surface area contributed by atoms with Crippen LogP contribution in [0.1, 0.15) is 53.4 Å². The molecule has 0 radical (unpaired) electrons. The van der Waals surface area contributed by atoms with Crippen molar-refractivity contribution >= 4 is 23.0 Å². The normalized spacial score (nSPS) is 16.7. The van der Waals surface area contributed by atoms with Gasteiger partial charge in [0.15, 0.2) is 5.78 Å². The molecule has 0 saturated carbocycles. The molecule has 3 rings (SSSR count). The van der Waals surface area contributed by atoms with Crippen LogP contribution in [0.4, 0.5) is 0 Å². The van der Waals surface area contributed by atoms with E-state index in [1.165, 1.54) is 23.3 Å². The van der Waals surface area contributed by atoms with Gasteiger partial charge in [-0.25, -0.2) is 0 Å². The van der Waals surface area contributed by atoms with Gasteiger partial charge in [-0.2, -0.15) is 0 Å². The number of methoxy groups -OCH3 is 2.